The number of ether oxygens (including phenoxy) is 1. The molecule has 0 saturated carbocycles. The van der Waals surface area contributed by atoms with Crippen LogP contribution in [0.15, 0.2) is 84.0 Å². The molecule has 1 amide bonds. The van der Waals surface area contributed by atoms with E-state index in [-0.39, 0.29) is 11.9 Å². The first kappa shape index (κ1) is 23.0. The van der Waals surface area contributed by atoms with Crippen LogP contribution in [0.4, 0.5) is 5.69 Å². The van der Waals surface area contributed by atoms with Crippen molar-refractivity contribution in [3.8, 4) is 17.1 Å². The van der Waals surface area contributed by atoms with Gasteiger partial charge in [0.25, 0.3) is 0 Å². The Kier molecular flexibility index (Phi) is 6.72. The van der Waals surface area contributed by atoms with Crippen LogP contribution in [-0.2, 0) is 11.2 Å². The number of anilines is 1. The predicted octanol–water partition coefficient (Wildman–Crippen LogP) is 5.30. The average molecular weight is 486 g/mol. The quantitative estimate of drug-likeness (QED) is 0.370. The van der Waals surface area contributed by atoms with Crippen LogP contribution in [0.3, 0.4) is 0 Å². The molecule has 1 aliphatic rings. The summed E-state index contributed by atoms with van der Waals surface area (Å²) in [6.45, 7) is 4.67. The highest BCUT2D eigenvalue weighted by molar-refractivity contribution is 8.00. The van der Waals surface area contributed by atoms with Crippen molar-refractivity contribution in [3.63, 3.8) is 0 Å². The first-order valence-electron chi connectivity index (χ1n) is 11.7. The lowest BCUT2D eigenvalue weighted by molar-refractivity contribution is -0.116. The standard InChI is InChI=1S/C27H27N5O2S/c1-3-18-10-14-21(15-11-18)28-26(33)24-23(19-12-16-22(17-13-19)34-4-2)31-32-25(29-30-27(32)35-24)20-8-6-5-7-9-20/h5-17,23-24,31H,3-4H2,1-2H3,(H,28,33)/t23-,24-/m0/s1. The number of fused-ring (bicyclic) bond motifs is 1. The SMILES string of the molecule is CCOc1ccc([C@@H]2Nn3c(nnc3-c3ccccc3)S[C@@H]2C(=O)Nc2ccc(CC)cc2)cc1. The van der Waals surface area contributed by atoms with Crippen LogP contribution in [-0.4, -0.2) is 32.6 Å². The Morgan fingerprint density at radius 1 is 1.00 bits per heavy atom. The smallest absolute Gasteiger partial charge is 0.240 e. The van der Waals surface area contributed by atoms with Gasteiger partial charge in [0, 0.05) is 11.3 Å². The zero-order valence-electron chi connectivity index (χ0n) is 19.6. The molecule has 2 atom stereocenters. The molecule has 2 N–H and O–H groups in total. The molecule has 35 heavy (non-hydrogen) atoms. The van der Waals surface area contributed by atoms with E-state index >= 15 is 0 Å². The second-order valence-corrected chi connectivity index (χ2v) is 9.30. The number of hydrogen-bond donors (Lipinski definition) is 2. The maximum Gasteiger partial charge on any atom is 0.240 e. The molecule has 0 bridgehead atoms. The van der Waals surface area contributed by atoms with Crippen LogP contribution in [0.1, 0.15) is 31.0 Å². The summed E-state index contributed by atoms with van der Waals surface area (Å²) in [5.41, 5.74) is 7.44. The Balaban J connectivity index is 1.47. The van der Waals surface area contributed by atoms with Crippen LogP contribution in [0.2, 0.25) is 0 Å². The third-order valence-electron chi connectivity index (χ3n) is 5.91. The lowest BCUT2D eigenvalue weighted by atomic mass is 10.0. The van der Waals surface area contributed by atoms with Gasteiger partial charge in [-0.05, 0) is 48.7 Å². The molecule has 0 aliphatic carbocycles. The number of rotatable bonds is 7. The molecule has 5 rings (SSSR count). The molecule has 178 valence electrons. The van der Waals surface area contributed by atoms with Crippen LogP contribution in [0.25, 0.3) is 11.4 Å². The van der Waals surface area contributed by atoms with Gasteiger partial charge in [-0.25, -0.2) is 4.68 Å². The Bertz CT molecular complexity index is 1290. The molecular formula is C27H27N5O2S. The highest BCUT2D eigenvalue weighted by atomic mass is 32.2. The lowest BCUT2D eigenvalue weighted by Gasteiger charge is -2.33. The zero-order chi connectivity index (χ0) is 24.2. The van der Waals surface area contributed by atoms with E-state index in [1.807, 2.05) is 90.5 Å². The largest absolute Gasteiger partial charge is 0.494 e. The highest BCUT2D eigenvalue weighted by Crippen LogP contribution is 2.39. The highest BCUT2D eigenvalue weighted by Gasteiger charge is 2.38. The minimum Gasteiger partial charge on any atom is -0.494 e. The third-order valence-corrected chi connectivity index (χ3v) is 7.12. The molecule has 2 heterocycles. The molecule has 0 fully saturated rings. The van der Waals surface area contributed by atoms with Crippen molar-refractivity contribution in [1.29, 1.82) is 0 Å². The summed E-state index contributed by atoms with van der Waals surface area (Å²) in [4.78, 5) is 13.5. The van der Waals surface area contributed by atoms with E-state index in [2.05, 4.69) is 27.9 Å². The van der Waals surface area contributed by atoms with E-state index in [0.29, 0.717) is 17.6 Å². The van der Waals surface area contributed by atoms with Crippen LogP contribution >= 0.6 is 11.8 Å². The van der Waals surface area contributed by atoms with Gasteiger partial charge in [-0.15, -0.1) is 10.2 Å². The van der Waals surface area contributed by atoms with Gasteiger partial charge in [0.15, 0.2) is 5.82 Å². The number of nitrogens with one attached hydrogen (secondary N) is 2. The molecule has 0 unspecified atom stereocenters. The number of amides is 1. The van der Waals surface area contributed by atoms with Crippen molar-refractivity contribution >= 4 is 23.4 Å². The second kappa shape index (κ2) is 10.2. The number of nitrogens with zero attached hydrogens (tertiary/aromatic N) is 3. The van der Waals surface area contributed by atoms with Gasteiger partial charge < -0.3 is 15.5 Å². The molecule has 4 aromatic rings. The van der Waals surface area contributed by atoms with Gasteiger partial charge in [0.05, 0.1) is 12.6 Å². The van der Waals surface area contributed by atoms with Crippen LogP contribution in [0, 0.1) is 0 Å². The third kappa shape index (κ3) is 4.88. The van der Waals surface area contributed by atoms with Gasteiger partial charge in [-0.1, -0.05) is 73.3 Å². The molecule has 7 nitrogen and oxygen atoms in total. The molecular weight excluding hydrogens is 458 g/mol. The first-order chi connectivity index (χ1) is 17.2. The van der Waals surface area contributed by atoms with E-state index in [1.165, 1.54) is 17.3 Å². The first-order valence-corrected chi connectivity index (χ1v) is 12.6. The maximum absolute atomic E-state index is 13.5. The van der Waals surface area contributed by atoms with Gasteiger partial charge in [0.1, 0.15) is 11.0 Å². The van der Waals surface area contributed by atoms with Crippen LogP contribution < -0.4 is 15.5 Å². The number of thioether (sulfide) groups is 1. The van der Waals surface area contributed by atoms with Crippen molar-refractivity contribution in [2.75, 3.05) is 17.3 Å². The molecule has 1 aromatic heterocycles. The van der Waals surface area contributed by atoms with Crippen molar-refractivity contribution in [3.05, 3.63) is 90.0 Å². The van der Waals surface area contributed by atoms with E-state index in [4.69, 9.17) is 4.74 Å². The zero-order valence-corrected chi connectivity index (χ0v) is 20.5. The van der Waals surface area contributed by atoms with Gasteiger partial charge >= 0.3 is 0 Å². The van der Waals surface area contributed by atoms with Crippen molar-refractivity contribution in [2.24, 2.45) is 0 Å². The molecule has 0 spiro atoms. The minimum atomic E-state index is -0.459. The second-order valence-electron chi connectivity index (χ2n) is 8.19. The number of carbonyl (C=O) groups excluding carboxylic acids is 1. The van der Waals surface area contributed by atoms with E-state index in [9.17, 15) is 4.79 Å². The monoisotopic (exact) mass is 485 g/mol. The Labute approximate surface area is 208 Å². The Morgan fingerprint density at radius 2 is 1.74 bits per heavy atom. The van der Waals surface area contributed by atoms with Crippen LogP contribution in [0.5, 0.6) is 5.75 Å². The molecule has 0 radical (unpaired) electrons. The van der Waals surface area contributed by atoms with Crippen molar-refractivity contribution in [1.82, 2.24) is 14.9 Å². The number of benzene rings is 3. The van der Waals surface area contributed by atoms with E-state index in [0.717, 1.165) is 29.0 Å². The summed E-state index contributed by atoms with van der Waals surface area (Å²) < 4.78 is 7.49. The van der Waals surface area contributed by atoms with Crippen molar-refractivity contribution < 1.29 is 9.53 Å². The normalized spacial score (nSPS) is 16.7. The van der Waals surface area contributed by atoms with Gasteiger partial charge in [0.2, 0.25) is 11.1 Å². The minimum absolute atomic E-state index is 0.0962. The summed E-state index contributed by atoms with van der Waals surface area (Å²) in [5, 5.41) is 12.1. The summed E-state index contributed by atoms with van der Waals surface area (Å²) in [7, 11) is 0. The topological polar surface area (TPSA) is 81.1 Å². The molecule has 0 saturated heterocycles. The van der Waals surface area contributed by atoms with E-state index < -0.39 is 5.25 Å². The Morgan fingerprint density at radius 3 is 2.43 bits per heavy atom. The summed E-state index contributed by atoms with van der Waals surface area (Å²) in [5.74, 6) is 1.41. The van der Waals surface area contributed by atoms with Crippen molar-refractivity contribution in [2.45, 2.75) is 36.7 Å². The summed E-state index contributed by atoms with van der Waals surface area (Å²) >= 11 is 1.41. The molecule has 8 heteroatoms. The number of hydrogen-bond acceptors (Lipinski definition) is 6. The predicted molar refractivity (Wildman–Crippen MR) is 139 cm³/mol. The fourth-order valence-corrected chi connectivity index (χ4v) is 5.13. The lowest BCUT2D eigenvalue weighted by Crippen LogP contribution is -2.41. The van der Waals surface area contributed by atoms with Gasteiger partial charge in [-0.3, -0.25) is 4.79 Å². The summed E-state index contributed by atoms with van der Waals surface area (Å²) in [6.07, 6.45) is 0.954. The average Bonchev–Trinajstić information content (AvgIpc) is 3.32. The molecule has 3 aromatic carbocycles. The molecule has 1 aliphatic heterocycles. The summed E-state index contributed by atoms with van der Waals surface area (Å²) in [6, 6.07) is 25.4. The Hall–Kier alpha value is -3.78. The number of carbonyl (C=O) groups is 1. The van der Waals surface area contributed by atoms with Gasteiger partial charge in [-0.2, -0.15) is 0 Å². The fourth-order valence-electron chi connectivity index (χ4n) is 4.05. The fraction of sp³-hybridized carbons (Fsp3) is 0.222. The maximum atomic E-state index is 13.5. The number of aromatic nitrogens is 3. The number of aryl methyl sites for hydroxylation is 1. The van der Waals surface area contributed by atoms with E-state index in [1.54, 1.807) is 0 Å².